The van der Waals surface area contributed by atoms with E-state index in [2.05, 4.69) is 5.32 Å². The Morgan fingerprint density at radius 1 is 1.40 bits per heavy atom. The van der Waals surface area contributed by atoms with Gasteiger partial charge in [0, 0.05) is 12.6 Å². The second-order valence-corrected chi connectivity index (χ2v) is 7.40. The van der Waals surface area contributed by atoms with E-state index < -0.39 is 22.0 Å². The molecule has 2 unspecified atom stereocenters. The van der Waals surface area contributed by atoms with E-state index in [9.17, 15) is 13.2 Å². The maximum atomic E-state index is 12.4. The molecule has 2 atom stereocenters. The number of sulfonamides is 1. The molecule has 2 aliphatic rings. The van der Waals surface area contributed by atoms with Gasteiger partial charge in [-0.1, -0.05) is 6.42 Å². The molecule has 0 bridgehead atoms. The number of nitrogens with two attached hydrogens (primary N) is 1. The monoisotopic (exact) mass is 305 g/mol. The molecule has 0 radical (unpaired) electrons. The average Bonchev–Trinajstić information content (AvgIpc) is 2.46. The summed E-state index contributed by atoms with van der Waals surface area (Å²) in [6, 6.07) is -0.611. The van der Waals surface area contributed by atoms with Gasteiger partial charge in [-0.15, -0.1) is 0 Å². The first-order valence-electron chi connectivity index (χ1n) is 7.10. The van der Waals surface area contributed by atoms with Crippen molar-refractivity contribution >= 4 is 15.9 Å². The van der Waals surface area contributed by atoms with Gasteiger partial charge in [0.25, 0.3) is 0 Å². The number of primary amides is 1. The number of carbonyl (C=O) groups is 1. The molecule has 0 aromatic rings. The number of amides is 1. The summed E-state index contributed by atoms with van der Waals surface area (Å²) in [6.45, 7) is 1.52. The van der Waals surface area contributed by atoms with Crippen molar-refractivity contribution in [3.8, 4) is 0 Å². The van der Waals surface area contributed by atoms with Crippen LogP contribution in [0.2, 0.25) is 0 Å². The molecule has 3 N–H and O–H groups in total. The number of hydrogen-bond donors (Lipinski definition) is 2. The van der Waals surface area contributed by atoms with Crippen molar-refractivity contribution in [1.82, 2.24) is 9.62 Å². The number of rotatable bonds is 5. The molecule has 1 amide bonds. The third kappa shape index (κ3) is 3.91. The van der Waals surface area contributed by atoms with Crippen LogP contribution in [-0.2, 0) is 19.6 Å². The van der Waals surface area contributed by atoms with Crippen LogP contribution >= 0.6 is 0 Å². The van der Waals surface area contributed by atoms with Crippen molar-refractivity contribution in [2.45, 2.75) is 37.8 Å². The molecule has 0 aliphatic carbocycles. The summed E-state index contributed by atoms with van der Waals surface area (Å²) in [6.07, 6.45) is 3.87. The SMILES string of the molecule is NC(=O)C1COCCN1S(=O)(=O)CCC1CCCCN1. The van der Waals surface area contributed by atoms with E-state index in [0.29, 0.717) is 13.0 Å². The Morgan fingerprint density at radius 2 is 2.20 bits per heavy atom. The van der Waals surface area contributed by atoms with Gasteiger partial charge in [0.1, 0.15) is 6.04 Å². The minimum Gasteiger partial charge on any atom is -0.378 e. The quantitative estimate of drug-likeness (QED) is 0.681. The number of nitrogens with one attached hydrogen (secondary N) is 1. The van der Waals surface area contributed by atoms with Crippen LogP contribution in [-0.4, -0.2) is 62.8 Å². The zero-order valence-electron chi connectivity index (χ0n) is 11.6. The molecule has 2 fully saturated rings. The second-order valence-electron chi connectivity index (χ2n) is 5.36. The summed E-state index contributed by atoms with van der Waals surface area (Å²) in [7, 11) is -3.46. The Hall–Kier alpha value is -0.700. The lowest BCUT2D eigenvalue weighted by Gasteiger charge is -2.33. The number of hydrogen-bond acceptors (Lipinski definition) is 5. The van der Waals surface area contributed by atoms with Gasteiger partial charge in [0.15, 0.2) is 0 Å². The minimum atomic E-state index is -3.46. The fourth-order valence-corrected chi connectivity index (χ4v) is 4.45. The summed E-state index contributed by atoms with van der Waals surface area (Å²) in [5.74, 6) is -0.599. The normalized spacial score (nSPS) is 29.2. The lowest BCUT2D eigenvalue weighted by Crippen LogP contribution is -2.55. The van der Waals surface area contributed by atoms with E-state index in [4.69, 9.17) is 10.5 Å². The van der Waals surface area contributed by atoms with E-state index in [-0.39, 0.29) is 24.9 Å². The summed E-state index contributed by atoms with van der Waals surface area (Å²) in [5.41, 5.74) is 5.26. The Kier molecular flexibility index (Phi) is 5.36. The Bertz CT molecular complexity index is 434. The minimum absolute atomic E-state index is 0.0500. The number of ether oxygens (including phenoxy) is 1. The highest BCUT2D eigenvalue weighted by Gasteiger charge is 2.36. The van der Waals surface area contributed by atoms with Crippen molar-refractivity contribution < 1.29 is 17.9 Å². The van der Waals surface area contributed by atoms with Crippen molar-refractivity contribution in [3.63, 3.8) is 0 Å². The molecule has 2 saturated heterocycles. The van der Waals surface area contributed by atoms with Gasteiger partial charge >= 0.3 is 0 Å². The highest BCUT2D eigenvalue weighted by molar-refractivity contribution is 7.89. The summed E-state index contributed by atoms with van der Waals surface area (Å²) in [5, 5.41) is 3.33. The molecule has 2 rings (SSSR count). The van der Waals surface area contributed by atoms with Crippen LogP contribution in [0.4, 0.5) is 0 Å². The maximum absolute atomic E-state index is 12.4. The molecule has 2 heterocycles. The van der Waals surface area contributed by atoms with E-state index in [1.807, 2.05) is 0 Å². The summed E-state index contributed by atoms with van der Waals surface area (Å²) >= 11 is 0. The van der Waals surface area contributed by atoms with Crippen molar-refractivity contribution in [2.75, 3.05) is 32.1 Å². The van der Waals surface area contributed by atoms with E-state index in [0.717, 1.165) is 25.8 Å². The molecule has 7 nitrogen and oxygen atoms in total. The smallest absolute Gasteiger partial charge is 0.238 e. The van der Waals surface area contributed by atoms with E-state index in [1.165, 1.54) is 4.31 Å². The van der Waals surface area contributed by atoms with Crippen LogP contribution in [0.3, 0.4) is 0 Å². The summed E-state index contributed by atoms with van der Waals surface area (Å²) < 4.78 is 31.1. The maximum Gasteiger partial charge on any atom is 0.238 e. The molecular weight excluding hydrogens is 282 g/mol. The summed E-state index contributed by atoms with van der Waals surface area (Å²) in [4.78, 5) is 11.3. The fraction of sp³-hybridized carbons (Fsp3) is 0.917. The largest absolute Gasteiger partial charge is 0.378 e. The lowest BCUT2D eigenvalue weighted by molar-refractivity contribution is -0.125. The number of carbonyl (C=O) groups excluding carboxylic acids is 1. The van der Waals surface area contributed by atoms with Gasteiger partial charge in [-0.05, 0) is 25.8 Å². The number of morpholine rings is 1. The van der Waals surface area contributed by atoms with Gasteiger partial charge in [-0.3, -0.25) is 4.79 Å². The van der Waals surface area contributed by atoms with Gasteiger partial charge in [-0.2, -0.15) is 4.31 Å². The Labute approximate surface area is 119 Å². The number of piperidine rings is 1. The van der Waals surface area contributed by atoms with Gasteiger partial charge in [0.2, 0.25) is 15.9 Å². The van der Waals surface area contributed by atoms with Crippen molar-refractivity contribution in [3.05, 3.63) is 0 Å². The molecule has 8 heteroatoms. The topological polar surface area (TPSA) is 102 Å². The highest BCUT2D eigenvalue weighted by Crippen LogP contribution is 2.16. The van der Waals surface area contributed by atoms with Crippen LogP contribution in [0.5, 0.6) is 0 Å². The molecule has 0 aromatic carbocycles. The zero-order valence-corrected chi connectivity index (χ0v) is 12.4. The molecular formula is C12H23N3O4S. The fourth-order valence-electron chi connectivity index (χ4n) is 2.72. The molecule has 20 heavy (non-hydrogen) atoms. The second kappa shape index (κ2) is 6.84. The van der Waals surface area contributed by atoms with Crippen LogP contribution < -0.4 is 11.1 Å². The third-order valence-electron chi connectivity index (χ3n) is 3.90. The first-order chi connectivity index (χ1) is 9.50. The van der Waals surface area contributed by atoms with Crippen molar-refractivity contribution in [2.24, 2.45) is 5.73 Å². The van der Waals surface area contributed by atoms with Crippen LogP contribution in [0.1, 0.15) is 25.7 Å². The first-order valence-corrected chi connectivity index (χ1v) is 8.71. The van der Waals surface area contributed by atoms with Crippen molar-refractivity contribution in [1.29, 1.82) is 0 Å². The predicted molar refractivity (Wildman–Crippen MR) is 74.6 cm³/mol. The highest BCUT2D eigenvalue weighted by atomic mass is 32.2. The standard InChI is InChI=1S/C12H23N3O4S/c13-12(16)11-9-19-7-6-15(11)20(17,18)8-4-10-3-1-2-5-14-10/h10-11,14H,1-9H2,(H2,13,16). The molecule has 116 valence electrons. The van der Waals surface area contributed by atoms with E-state index >= 15 is 0 Å². The lowest BCUT2D eigenvalue weighted by atomic mass is 10.0. The molecule has 2 aliphatic heterocycles. The molecule has 0 spiro atoms. The zero-order chi connectivity index (χ0) is 14.6. The third-order valence-corrected chi connectivity index (χ3v) is 5.80. The van der Waals surface area contributed by atoms with Crippen LogP contribution in [0.15, 0.2) is 0 Å². The number of nitrogens with zero attached hydrogens (tertiary/aromatic N) is 1. The molecule has 0 aromatic heterocycles. The van der Waals surface area contributed by atoms with Gasteiger partial charge < -0.3 is 15.8 Å². The molecule has 0 saturated carbocycles. The average molecular weight is 305 g/mol. The first kappa shape index (κ1) is 15.7. The predicted octanol–water partition coefficient (Wildman–Crippen LogP) is -0.965. The van der Waals surface area contributed by atoms with Crippen LogP contribution in [0, 0.1) is 0 Å². The van der Waals surface area contributed by atoms with Gasteiger partial charge in [0.05, 0.1) is 19.0 Å². The Morgan fingerprint density at radius 3 is 2.85 bits per heavy atom. The van der Waals surface area contributed by atoms with Gasteiger partial charge in [-0.25, -0.2) is 8.42 Å². The van der Waals surface area contributed by atoms with Crippen LogP contribution in [0.25, 0.3) is 0 Å². The Balaban J connectivity index is 1.95. The van der Waals surface area contributed by atoms with E-state index in [1.54, 1.807) is 0 Å².